The topological polar surface area (TPSA) is 57.9 Å². The van der Waals surface area contributed by atoms with Crippen LogP contribution in [0.25, 0.3) is 0 Å². The molecule has 1 rings (SSSR count). The van der Waals surface area contributed by atoms with E-state index in [0.717, 1.165) is 0 Å². The molecule has 0 spiro atoms. The molecule has 0 bridgehead atoms. The van der Waals surface area contributed by atoms with E-state index in [2.05, 4.69) is 15.9 Å². The fourth-order valence-electron chi connectivity index (χ4n) is 1.06. The Bertz CT molecular complexity index is 507. The van der Waals surface area contributed by atoms with E-state index in [0.29, 0.717) is 4.47 Å². The van der Waals surface area contributed by atoms with Crippen LogP contribution in [0.5, 0.6) is 0 Å². The van der Waals surface area contributed by atoms with Crippen molar-refractivity contribution in [2.45, 2.75) is 4.90 Å². The Hall–Kier alpha value is -0.570. The fraction of sp³-hybridized carbons (Fsp3) is 0.222. The van der Waals surface area contributed by atoms with E-state index in [1.807, 2.05) is 6.07 Å². The minimum absolute atomic E-state index is 0.0136. The number of benzene rings is 1. The minimum Gasteiger partial charge on any atom is -0.224 e. The van der Waals surface area contributed by atoms with Gasteiger partial charge in [0.2, 0.25) is 0 Å². The van der Waals surface area contributed by atoms with Crippen LogP contribution < -0.4 is 0 Å². The third-order valence-electron chi connectivity index (χ3n) is 1.75. The molecule has 0 aliphatic carbocycles. The lowest BCUT2D eigenvalue weighted by Gasteiger charge is -2.04. The molecule has 0 aliphatic rings. The van der Waals surface area contributed by atoms with E-state index in [4.69, 9.17) is 16.9 Å². The molecular formula is C9H7BrClNO2S. The Balaban J connectivity index is 3.37. The standard InChI is InChI=1S/C9H7BrClNO2S/c10-8-2-1-7(6-12)9(5-8)15(13,14)4-3-11/h1-2,5H,3-4H2. The number of rotatable bonds is 3. The second-order valence-electron chi connectivity index (χ2n) is 2.76. The third kappa shape index (κ3) is 2.94. The summed E-state index contributed by atoms with van der Waals surface area (Å²) in [5.41, 5.74) is 0.142. The van der Waals surface area contributed by atoms with Crippen LogP contribution in [-0.4, -0.2) is 20.1 Å². The Morgan fingerprint density at radius 1 is 1.47 bits per heavy atom. The van der Waals surface area contributed by atoms with Gasteiger partial charge in [-0.2, -0.15) is 5.26 Å². The maximum atomic E-state index is 11.7. The highest BCUT2D eigenvalue weighted by Crippen LogP contribution is 2.21. The molecule has 0 N–H and O–H groups in total. The zero-order valence-corrected chi connectivity index (χ0v) is 10.7. The quantitative estimate of drug-likeness (QED) is 0.805. The lowest BCUT2D eigenvalue weighted by Crippen LogP contribution is -2.09. The Kier molecular flexibility index (Phi) is 4.14. The second kappa shape index (κ2) is 4.97. The highest BCUT2D eigenvalue weighted by atomic mass is 79.9. The zero-order valence-electron chi connectivity index (χ0n) is 7.57. The van der Waals surface area contributed by atoms with Gasteiger partial charge in [0, 0.05) is 10.4 Å². The molecule has 1 aromatic rings. The van der Waals surface area contributed by atoms with Crippen molar-refractivity contribution < 1.29 is 8.42 Å². The first-order valence-electron chi connectivity index (χ1n) is 3.99. The monoisotopic (exact) mass is 307 g/mol. The van der Waals surface area contributed by atoms with Crippen molar-refractivity contribution in [2.75, 3.05) is 11.6 Å². The summed E-state index contributed by atoms with van der Waals surface area (Å²) in [6.07, 6.45) is 0. The van der Waals surface area contributed by atoms with E-state index >= 15 is 0 Å². The van der Waals surface area contributed by atoms with Crippen molar-refractivity contribution in [3.05, 3.63) is 28.2 Å². The van der Waals surface area contributed by atoms with Gasteiger partial charge in [-0.05, 0) is 18.2 Å². The summed E-state index contributed by atoms with van der Waals surface area (Å²) >= 11 is 8.56. The molecule has 80 valence electrons. The van der Waals surface area contributed by atoms with Crippen molar-refractivity contribution in [3.63, 3.8) is 0 Å². The molecule has 0 aliphatic heterocycles. The molecule has 0 aromatic heterocycles. The van der Waals surface area contributed by atoms with Crippen LogP contribution in [0.4, 0.5) is 0 Å². The normalized spacial score (nSPS) is 11.0. The van der Waals surface area contributed by atoms with Crippen LogP contribution in [0.1, 0.15) is 5.56 Å². The van der Waals surface area contributed by atoms with Crippen LogP contribution >= 0.6 is 27.5 Å². The molecule has 0 amide bonds. The van der Waals surface area contributed by atoms with Gasteiger partial charge in [0.05, 0.1) is 16.2 Å². The maximum absolute atomic E-state index is 11.7. The summed E-state index contributed by atoms with van der Waals surface area (Å²) < 4.78 is 24.0. The van der Waals surface area contributed by atoms with Gasteiger partial charge < -0.3 is 0 Å². The van der Waals surface area contributed by atoms with Gasteiger partial charge in [0.15, 0.2) is 9.84 Å². The molecule has 0 atom stereocenters. The molecule has 0 heterocycles. The molecule has 6 heteroatoms. The number of nitrogens with zero attached hydrogens (tertiary/aromatic N) is 1. The number of nitriles is 1. The lowest BCUT2D eigenvalue weighted by molar-refractivity contribution is 0.597. The number of hydrogen-bond donors (Lipinski definition) is 0. The first-order chi connectivity index (χ1) is 7.01. The van der Waals surface area contributed by atoms with Gasteiger partial charge in [-0.15, -0.1) is 11.6 Å². The van der Waals surface area contributed by atoms with Gasteiger partial charge >= 0.3 is 0 Å². The second-order valence-corrected chi connectivity index (χ2v) is 6.13. The van der Waals surface area contributed by atoms with Crippen molar-refractivity contribution >= 4 is 37.4 Å². The number of halogens is 2. The Morgan fingerprint density at radius 2 is 2.13 bits per heavy atom. The summed E-state index contributed by atoms with van der Waals surface area (Å²) in [6, 6.07) is 6.35. The van der Waals surface area contributed by atoms with Gasteiger partial charge in [-0.1, -0.05) is 15.9 Å². The minimum atomic E-state index is -3.46. The maximum Gasteiger partial charge on any atom is 0.180 e. The van der Waals surface area contributed by atoms with Gasteiger partial charge in [-0.3, -0.25) is 0 Å². The van der Waals surface area contributed by atoms with Crippen molar-refractivity contribution in [2.24, 2.45) is 0 Å². The van der Waals surface area contributed by atoms with Crippen LogP contribution in [-0.2, 0) is 9.84 Å². The number of alkyl halides is 1. The Labute approximate surface area is 102 Å². The molecule has 3 nitrogen and oxygen atoms in total. The highest BCUT2D eigenvalue weighted by molar-refractivity contribution is 9.10. The summed E-state index contributed by atoms with van der Waals surface area (Å²) in [6.45, 7) is 0. The summed E-state index contributed by atoms with van der Waals surface area (Å²) in [7, 11) is -3.46. The van der Waals surface area contributed by atoms with Crippen molar-refractivity contribution in [1.82, 2.24) is 0 Å². The average molecular weight is 309 g/mol. The first-order valence-corrected chi connectivity index (χ1v) is 6.97. The largest absolute Gasteiger partial charge is 0.224 e. The Morgan fingerprint density at radius 3 is 2.67 bits per heavy atom. The molecule has 15 heavy (non-hydrogen) atoms. The summed E-state index contributed by atoms with van der Waals surface area (Å²) in [4.78, 5) is 0.0278. The number of hydrogen-bond acceptors (Lipinski definition) is 3. The molecule has 0 radical (unpaired) electrons. The van der Waals surface area contributed by atoms with E-state index in [1.165, 1.54) is 12.1 Å². The fourth-order valence-corrected chi connectivity index (χ4v) is 3.36. The van der Waals surface area contributed by atoms with Gasteiger partial charge in [0.25, 0.3) is 0 Å². The van der Waals surface area contributed by atoms with Crippen LogP contribution in [0.3, 0.4) is 0 Å². The smallest absolute Gasteiger partial charge is 0.180 e. The molecular weight excluding hydrogens is 302 g/mol. The van der Waals surface area contributed by atoms with Gasteiger partial charge in [0.1, 0.15) is 6.07 Å². The van der Waals surface area contributed by atoms with Crippen molar-refractivity contribution in [3.8, 4) is 6.07 Å². The van der Waals surface area contributed by atoms with Gasteiger partial charge in [-0.25, -0.2) is 8.42 Å². The van der Waals surface area contributed by atoms with E-state index in [9.17, 15) is 8.42 Å². The van der Waals surface area contributed by atoms with Crippen LogP contribution in [0, 0.1) is 11.3 Å². The lowest BCUT2D eigenvalue weighted by atomic mass is 10.2. The number of sulfone groups is 1. The van der Waals surface area contributed by atoms with E-state index < -0.39 is 9.84 Å². The summed E-state index contributed by atoms with van der Waals surface area (Å²) in [5.74, 6) is -0.153. The van der Waals surface area contributed by atoms with Crippen LogP contribution in [0.2, 0.25) is 0 Å². The van der Waals surface area contributed by atoms with Crippen molar-refractivity contribution in [1.29, 1.82) is 5.26 Å². The zero-order chi connectivity index (χ0) is 11.5. The SMILES string of the molecule is N#Cc1ccc(Br)cc1S(=O)(=O)CCCl. The average Bonchev–Trinajstić information content (AvgIpc) is 2.17. The molecule has 0 fully saturated rings. The predicted octanol–water partition coefficient (Wildman–Crippen LogP) is 2.33. The van der Waals surface area contributed by atoms with E-state index in [-0.39, 0.29) is 22.1 Å². The first kappa shape index (κ1) is 12.5. The summed E-state index contributed by atoms with van der Waals surface area (Å²) in [5, 5.41) is 8.78. The van der Waals surface area contributed by atoms with E-state index in [1.54, 1.807) is 6.07 Å². The van der Waals surface area contributed by atoms with Crippen LogP contribution in [0.15, 0.2) is 27.6 Å². The molecule has 0 unspecified atom stereocenters. The molecule has 0 saturated heterocycles. The predicted molar refractivity (Wildman–Crippen MR) is 61.6 cm³/mol. The molecule has 1 aromatic carbocycles. The third-order valence-corrected chi connectivity index (χ3v) is 4.40. The molecule has 0 saturated carbocycles. The highest BCUT2D eigenvalue weighted by Gasteiger charge is 2.18.